The molecule has 1 aromatic heterocycles. The van der Waals surface area contributed by atoms with Crippen LogP contribution < -0.4 is 16.2 Å². The largest absolute Gasteiger partial charge is 0.398 e. The zero-order valence-electron chi connectivity index (χ0n) is 17.2. The van der Waals surface area contributed by atoms with Gasteiger partial charge in [-0.25, -0.2) is 0 Å². The van der Waals surface area contributed by atoms with Crippen molar-refractivity contribution in [2.45, 2.75) is 45.6 Å². The van der Waals surface area contributed by atoms with E-state index >= 15 is 0 Å². The lowest BCUT2D eigenvalue weighted by Gasteiger charge is -2.21. The third kappa shape index (κ3) is 3.41. The number of anilines is 2. The second-order valence-electron chi connectivity index (χ2n) is 7.80. The number of amides is 1. The Kier molecular flexibility index (Phi) is 4.91. The van der Waals surface area contributed by atoms with Crippen LogP contribution in [0.4, 0.5) is 11.4 Å². The number of rotatable bonds is 5. The molecule has 0 bridgehead atoms. The van der Waals surface area contributed by atoms with Crippen molar-refractivity contribution in [1.29, 1.82) is 0 Å². The van der Waals surface area contributed by atoms with Crippen LogP contribution in [0.1, 0.15) is 54.1 Å². The summed E-state index contributed by atoms with van der Waals surface area (Å²) in [6.07, 6.45) is 3.11. The van der Waals surface area contributed by atoms with Gasteiger partial charge in [-0.3, -0.25) is 9.59 Å². The Balaban J connectivity index is 1.77. The Labute approximate surface area is 170 Å². The molecule has 0 saturated heterocycles. The van der Waals surface area contributed by atoms with Gasteiger partial charge in [-0.1, -0.05) is 13.0 Å². The second-order valence-corrected chi connectivity index (χ2v) is 7.80. The summed E-state index contributed by atoms with van der Waals surface area (Å²) >= 11 is 0. The van der Waals surface area contributed by atoms with Gasteiger partial charge in [0.25, 0.3) is 11.5 Å². The van der Waals surface area contributed by atoms with Gasteiger partial charge < -0.3 is 15.2 Å². The topological polar surface area (TPSA) is 68.3 Å². The molecule has 0 atom stereocenters. The first-order valence-corrected chi connectivity index (χ1v) is 10.3. The minimum atomic E-state index is -0.138. The fourth-order valence-corrected chi connectivity index (χ4v) is 3.99. The molecule has 1 fully saturated rings. The third-order valence-corrected chi connectivity index (χ3v) is 5.91. The lowest BCUT2D eigenvalue weighted by atomic mass is 10.0. The summed E-state index contributed by atoms with van der Waals surface area (Å²) in [6.45, 7) is 4.66. The average Bonchev–Trinajstić information content (AvgIpc) is 3.57. The van der Waals surface area contributed by atoms with E-state index in [4.69, 9.17) is 5.73 Å². The number of hydrogen-bond acceptors (Lipinski definition) is 3. The highest BCUT2D eigenvalue weighted by atomic mass is 16.2. The molecule has 3 aromatic rings. The number of nitrogens with zero attached hydrogens (tertiary/aromatic N) is 2. The monoisotopic (exact) mass is 389 g/mol. The standard InChI is InChI=1S/C24H27N3O2/c1-4-15-6-10-18(21(25)12-15)24(29)26(3)17-9-11-22-20(13-17)19(16-7-8-16)14-23(28)27(22)5-2/h6,9-14,16H,4-5,7-8,25H2,1-3H3. The number of pyridine rings is 1. The van der Waals surface area contributed by atoms with Crippen LogP contribution in [0.3, 0.4) is 0 Å². The molecule has 5 nitrogen and oxygen atoms in total. The SMILES string of the molecule is CCc1ccc(C(=O)N(C)c2ccc3c(c2)c(C2CC2)cc(=O)n3CC)c(N)c1. The van der Waals surface area contributed by atoms with Gasteiger partial charge >= 0.3 is 0 Å². The first-order chi connectivity index (χ1) is 13.9. The van der Waals surface area contributed by atoms with Gasteiger partial charge in [0.05, 0.1) is 11.1 Å². The highest BCUT2D eigenvalue weighted by molar-refractivity contribution is 6.09. The lowest BCUT2D eigenvalue weighted by Crippen LogP contribution is -2.27. The lowest BCUT2D eigenvalue weighted by molar-refractivity contribution is 0.0994. The maximum Gasteiger partial charge on any atom is 0.260 e. The molecule has 0 unspecified atom stereocenters. The van der Waals surface area contributed by atoms with Crippen molar-refractivity contribution < 1.29 is 4.79 Å². The second kappa shape index (κ2) is 7.39. The smallest absolute Gasteiger partial charge is 0.260 e. The number of nitrogens with two attached hydrogens (primary N) is 1. The first kappa shape index (κ1) is 19.2. The predicted molar refractivity (Wildman–Crippen MR) is 119 cm³/mol. The van der Waals surface area contributed by atoms with Crippen LogP contribution in [-0.4, -0.2) is 17.5 Å². The molecule has 1 aliphatic carbocycles. The van der Waals surface area contributed by atoms with Crippen LogP contribution in [0.15, 0.2) is 47.3 Å². The molecule has 0 aliphatic heterocycles. The number of benzene rings is 2. The van der Waals surface area contributed by atoms with Crippen LogP contribution in [0.5, 0.6) is 0 Å². The average molecular weight is 389 g/mol. The Hall–Kier alpha value is -3.08. The number of carbonyl (C=O) groups is 1. The molecule has 1 heterocycles. The summed E-state index contributed by atoms with van der Waals surface area (Å²) in [4.78, 5) is 27.2. The van der Waals surface area contributed by atoms with Crippen molar-refractivity contribution >= 4 is 28.2 Å². The van der Waals surface area contributed by atoms with Gasteiger partial charge in [-0.2, -0.15) is 0 Å². The quantitative estimate of drug-likeness (QED) is 0.661. The first-order valence-electron chi connectivity index (χ1n) is 10.3. The molecular weight excluding hydrogens is 362 g/mol. The summed E-state index contributed by atoms with van der Waals surface area (Å²) in [6, 6.07) is 13.3. The summed E-state index contributed by atoms with van der Waals surface area (Å²) < 4.78 is 1.79. The van der Waals surface area contributed by atoms with E-state index in [1.807, 2.05) is 37.3 Å². The molecular formula is C24H27N3O2. The van der Waals surface area contributed by atoms with E-state index in [-0.39, 0.29) is 11.5 Å². The Morgan fingerprint density at radius 2 is 1.90 bits per heavy atom. The van der Waals surface area contributed by atoms with Gasteiger partial charge in [0.1, 0.15) is 0 Å². The fraction of sp³-hybridized carbons (Fsp3) is 0.333. The van der Waals surface area contributed by atoms with Gasteiger partial charge in [0.2, 0.25) is 0 Å². The number of carbonyl (C=O) groups excluding carboxylic acids is 1. The van der Waals surface area contributed by atoms with Gasteiger partial charge in [0, 0.05) is 36.4 Å². The number of aryl methyl sites for hydroxylation is 2. The maximum absolute atomic E-state index is 13.1. The van der Waals surface area contributed by atoms with Crippen molar-refractivity contribution in [3.63, 3.8) is 0 Å². The van der Waals surface area contributed by atoms with E-state index in [2.05, 4.69) is 6.92 Å². The molecule has 5 heteroatoms. The molecule has 2 N–H and O–H groups in total. The summed E-state index contributed by atoms with van der Waals surface area (Å²) in [7, 11) is 1.77. The molecule has 29 heavy (non-hydrogen) atoms. The van der Waals surface area contributed by atoms with Crippen LogP contribution in [0, 0.1) is 0 Å². The molecule has 4 rings (SSSR count). The highest BCUT2D eigenvalue weighted by Gasteiger charge is 2.27. The summed E-state index contributed by atoms with van der Waals surface area (Å²) in [5.74, 6) is 0.312. The van der Waals surface area contributed by atoms with E-state index in [0.717, 1.165) is 47.0 Å². The zero-order valence-corrected chi connectivity index (χ0v) is 17.2. The fourth-order valence-electron chi connectivity index (χ4n) is 3.99. The van der Waals surface area contributed by atoms with E-state index < -0.39 is 0 Å². The van der Waals surface area contributed by atoms with Crippen molar-refractivity contribution in [3.05, 3.63) is 69.5 Å². The molecule has 150 valence electrons. The van der Waals surface area contributed by atoms with E-state index in [9.17, 15) is 9.59 Å². The van der Waals surface area contributed by atoms with Crippen molar-refractivity contribution in [2.24, 2.45) is 0 Å². The molecule has 1 saturated carbocycles. The number of nitrogen functional groups attached to an aromatic ring is 1. The normalized spacial score (nSPS) is 13.6. The Bertz CT molecular complexity index is 1160. The van der Waals surface area contributed by atoms with Crippen molar-refractivity contribution in [3.8, 4) is 0 Å². The number of aromatic nitrogens is 1. The van der Waals surface area contributed by atoms with Crippen molar-refractivity contribution in [2.75, 3.05) is 17.7 Å². The maximum atomic E-state index is 13.1. The van der Waals surface area contributed by atoms with Crippen LogP contribution in [-0.2, 0) is 13.0 Å². The third-order valence-electron chi connectivity index (χ3n) is 5.91. The highest BCUT2D eigenvalue weighted by Crippen LogP contribution is 2.43. The molecule has 1 aliphatic rings. The summed E-state index contributed by atoms with van der Waals surface area (Å²) in [5.41, 5.74) is 11.1. The predicted octanol–water partition coefficient (Wildman–Crippen LogP) is 4.32. The van der Waals surface area contributed by atoms with E-state index in [1.54, 1.807) is 28.6 Å². The zero-order chi connectivity index (χ0) is 20.7. The summed E-state index contributed by atoms with van der Waals surface area (Å²) in [5, 5.41) is 1.06. The number of hydrogen-bond donors (Lipinski definition) is 1. The Morgan fingerprint density at radius 1 is 1.14 bits per heavy atom. The molecule has 0 spiro atoms. The minimum Gasteiger partial charge on any atom is -0.398 e. The molecule has 1 amide bonds. The molecule has 2 aromatic carbocycles. The minimum absolute atomic E-state index is 0.0443. The van der Waals surface area contributed by atoms with Gasteiger partial charge in [-0.05, 0) is 73.6 Å². The van der Waals surface area contributed by atoms with Crippen LogP contribution in [0.25, 0.3) is 10.9 Å². The Morgan fingerprint density at radius 3 is 2.52 bits per heavy atom. The van der Waals surface area contributed by atoms with E-state index in [1.165, 1.54) is 0 Å². The molecule has 0 radical (unpaired) electrons. The van der Waals surface area contributed by atoms with Gasteiger partial charge in [-0.15, -0.1) is 0 Å². The number of fused-ring (bicyclic) bond motifs is 1. The van der Waals surface area contributed by atoms with Gasteiger partial charge in [0.15, 0.2) is 0 Å². The van der Waals surface area contributed by atoms with Crippen LogP contribution in [0.2, 0.25) is 0 Å². The van der Waals surface area contributed by atoms with E-state index in [0.29, 0.717) is 23.7 Å². The van der Waals surface area contributed by atoms with Crippen LogP contribution >= 0.6 is 0 Å². The van der Waals surface area contributed by atoms with Crippen molar-refractivity contribution in [1.82, 2.24) is 4.57 Å².